The Labute approximate surface area is 88.1 Å². The summed E-state index contributed by atoms with van der Waals surface area (Å²) in [6, 6.07) is -0.497. The maximum absolute atomic E-state index is 11.2. The number of hydrogen-bond acceptors (Lipinski definition) is 3. The molecule has 1 aliphatic heterocycles. The van der Waals surface area contributed by atoms with Gasteiger partial charge in [-0.05, 0) is 0 Å². The second-order valence-corrected chi connectivity index (χ2v) is 2.98. The molecule has 1 rings (SSSR count). The molecular formula is C10H13N3O2. The molecule has 0 saturated carbocycles. The van der Waals surface area contributed by atoms with Gasteiger partial charge in [-0.2, -0.15) is 0 Å². The van der Waals surface area contributed by atoms with Crippen LogP contribution in [0.5, 0.6) is 0 Å². The molecule has 5 nitrogen and oxygen atoms in total. The fourth-order valence-corrected chi connectivity index (χ4v) is 1.17. The second-order valence-electron chi connectivity index (χ2n) is 2.98. The molecule has 0 radical (unpaired) electrons. The van der Waals surface area contributed by atoms with E-state index in [9.17, 15) is 9.59 Å². The molecule has 0 unspecified atom stereocenters. The van der Waals surface area contributed by atoms with E-state index in [1.807, 2.05) is 0 Å². The average Bonchev–Trinajstić information content (AvgIpc) is 2.46. The summed E-state index contributed by atoms with van der Waals surface area (Å²) in [5.41, 5.74) is 0.240. The van der Waals surface area contributed by atoms with E-state index in [0.717, 1.165) is 0 Å². The van der Waals surface area contributed by atoms with E-state index in [-0.39, 0.29) is 5.70 Å². The van der Waals surface area contributed by atoms with Crippen molar-refractivity contribution in [2.75, 3.05) is 13.1 Å². The molecule has 0 aromatic heterocycles. The average molecular weight is 207 g/mol. The first-order valence-corrected chi connectivity index (χ1v) is 4.47. The highest BCUT2D eigenvalue weighted by molar-refractivity contribution is 6.11. The number of carbonyl (C=O) groups excluding carboxylic acids is 2. The first-order chi connectivity index (χ1) is 7.17. The molecule has 0 atom stereocenters. The SMILES string of the molecule is C=CCN(C=C1NC(=O)NC1=O)CC=C. The van der Waals surface area contributed by atoms with E-state index >= 15 is 0 Å². The van der Waals surface area contributed by atoms with E-state index in [1.54, 1.807) is 23.3 Å². The Bertz CT molecular complexity index is 324. The molecule has 2 N–H and O–H groups in total. The van der Waals surface area contributed by atoms with Gasteiger partial charge in [-0.15, -0.1) is 13.2 Å². The molecule has 0 aliphatic carbocycles. The number of urea groups is 1. The largest absolute Gasteiger partial charge is 0.368 e. The second kappa shape index (κ2) is 4.99. The molecule has 0 aromatic rings. The summed E-state index contributed by atoms with van der Waals surface area (Å²) in [7, 11) is 0. The smallest absolute Gasteiger partial charge is 0.326 e. The minimum Gasteiger partial charge on any atom is -0.368 e. The van der Waals surface area contributed by atoms with Crippen molar-refractivity contribution in [3.8, 4) is 0 Å². The summed E-state index contributed by atoms with van der Waals surface area (Å²) in [4.78, 5) is 23.8. The zero-order valence-corrected chi connectivity index (χ0v) is 8.32. The van der Waals surface area contributed by atoms with Crippen LogP contribution in [-0.4, -0.2) is 29.9 Å². The lowest BCUT2D eigenvalue weighted by Gasteiger charge is -2.16. The molecule has 1 saturated heterocycles. The summed E-state index contributed by atoms with van der Waals surface area (Å²) >= 11 is 0. The first-order valence-electron chi connectivity index (χ1n) is 4.47. The molecule has 80 valence electrons. The van der Waals surface area contributed by atoms with E-state index in [2.05, 4.69) is 23.8 Å². The maximum Gasteiger partial charge on any atom is 0.326 e. The summed E-state index contributed by atoms with van der Waals surface area (Å²) in [6.07, 6.45) is 4.98. The highest BCUT2D eigenvalue weighted by atomic mass is 16.2. The van der Waals surface area contributed by atoms with E-state index < -0.39 is 11.9 Å². The van der Waals surface area contributed by atoms with Crippen molar-refractivity contribution >= 4 is 11.9 Å². The molecule has 3 amide bonds. The minimum absolute atomic E-state index is 0.240. The van der Waals surface area contributed by atoms with Crippen molar-refractivity contribution in [2.24, 2.45) is 0 Å². The number of hydrogen-bond donors (Lipinski definition) is 2. The van der Waals surface area contributed by atoms with Gasteiger partial charge in [0.25, 0.3) is 5.91 Å². The molecule has 0 aromatic carbocycles. The molecule has 0 spiro atoms. The lowest BCUT2D eigenvalue weighted by molar-refractivity contribution is -0.115. The van der Waals surface area contributed by atoms with Gasteiger partial charge in [0.15, 0.2) is 0 Å². The van der Waals surface area contributed by atoms with Gasteiger partial charge in [0.05, 0.1) is 0 Å². The van der Waals surface area contributed by atoms with Crippen LogP contribution in [-0.2, 0) is 4.79 Å². The van der Waals surface area contributed by atoms with Gasteiger partial charge in [0.1, 0.15) is 5.70 Å². The third-order valence-corrected chi connectivity index (χ3v) is 1.76. The van der Waals surface area contributed by atoms with Crippen LogP contribution in [0, 0.1) is 0 Å². The summed E-state index contributed by atoms with van der Waals surface area (Å²) < 4.78 is 0. The molecule has 1 aliphatic rings. The molecule has 15 heavy (non-hydrogen) atoms. The van der Waals surface area contributed by atoms with Gasteiger partial charge in [-0.1, -0.05) is 12.2 Å². The van der Waals surface area contributed by atoms with Crippen molar-refractivity contribution in [2.45, 2.75) is 0 Å². The third kappa shape index (κ3) is 2.98. The van der Waals surface area contributed by atoms with E-state index in [0.29, 0.717) is 13.1 Å². The monoisotopic (exact) mass is 207 g/mol. The van der Waals surface area contributed by atoms with Crippen LogP contribution in [0.3, 0.4) is 0 Å². The van der Waals surface area contributed by atoms with Gasteiger partial charge in [-0.3, -0.25) is 10.1 Å². The van der Waals surface area contributed by atoms with Crippen LogP contribution < -0.4 is 10.6 Å². The van der Waals surface area contributed by atoms with Gasteiger partial charge in [0, 0.05) is 19.3 Å². The Hall–Kier alpha value is -2.04. The van der Waals surface area contributed by atoms with Crippen molar-refractivity contribution in [3.63, 3.8) is 0 Å². The molecule has 1 heterocycles. The third-order valence-electron chi connectivity index (χ3n) is 1.76. The lowest BCUT2D eigenvalue weighted by Crippen LogP contribution is -2.22. The lowest BCUT2D eigenvalue weighted by atomic mass is 10.4. The van der Waals surface area contributed by atoms with Crippen molar-refractivity contribution in [1.29, 1.82) is 0 Å². The van der Waals surface area contributed by atoms with Crippen LogP contribution in [0.25, 0.3) is 0 Å². The highest BCUT2D eigenvalue weighted by Crippen LogP contribution is 2.01. The predicted octanol–water partition coefficient (Wildman–Crippen LogP) is 0.341. The zero-order chi connectivity index (χ0) is 11.3. The number of imide groups is 1. The minimum atomic E-state index is -0.497. The molecule has 5 heteroatoms. The van der Waals surface area contributed by atoms with Gasteiger partial charge < -0.3 is 10.2 Å². The van der Waals surface area contributed by atoms with Crippen molar-refractivity contribution in [1.82, 2.24) is 15.5 Å². The van der Waals surface area contributed by atoms with Gasteiger partial charge >= 0.3 is 6.03 Å². The Kier molecular flexibility index (Phi) is 3.68. The number of nitrogens with one attached hydrogen (secondary N) is 2. The zero-order valence-electron chi connectivity index (χ0n) is 8.32. The van der Waals surface area contributed by atoms with Crippen LogP contribution in [0.15, 0.2) is 37.2 Å². The van der Waals surface area contributed by atoms with Gasteiger partial charge in [-0.25, -0.2) is 4.79 Å². The number of carbonyl (C=O) groups is 2. The van der Waals surface area contributed by atoms with E-state index in [4.69, 9.17) is 0 Å². The molecular weight excluding hydrogens is 194 g/mol. The fourth-order valence-electron chi connectivity index (χ4n) is 1.17. The Morgan fingerprint density at radius 1 is 1.13 bits per heavy atom. The first kappa shape index (κ1) is 11.0. The highest BCUT2D eigenvalue weighted by Gasteiger charge is 2.23. The number of amides is 3. The normalized spacial score (nSPS) is 17.2. The Morgan fingerprint density at radius 3 is 2.13 bits per heavy atom. The topological polar surface area (TPSA) is 61.4 Å². The summed E-state index contributed by atoms with van der Waals surface area (Å²) in [5, 5.41) is 4.52. The number of nitrogens with zero attached hydrogens (tertiary/aromatic N) is 1. The van der Waals surface area contributed by atoms with Crippen LogP contribution >= 0.6 is 0 Å². The molecule has 1 fully saturated rings. The van der Waals surface area contributed by atoms with Crippen LogP contribution in [0.2, 0.25) is 0 Å². The standard InChI is InChI=1S/C10H13N3O2/c1-3-5-13(6-4-2)7-8-9(14)12-10(15)11-8/h3-4,7H,1-2,5-6H2,(H2,11,12,14,15). The summed E-state index contributed by atoms with van der Waals surface area (Å²) in [5.74, 6) is -0.418. The maximum atomic E-state index is 11.2. The molecule has 0 bridgehead atoms. The van der Waals surface area contributed by atoms with Gasteiger partial charge in [0.2, 0.25) is 0 Å². The van der Waals surface area contributed by atoms with Crippen molar-refractivity contribution < 1.29 is 9.59 Å². The van der Waals surface area contributed by atoms with Crippen molar-refractivity contribution in [3.05, 3.63) is 37.2 Å². The summed E-state index contributed by atoms with van der Waals surface area (Å²) in [6.45, 7) is 8.36. The van der Waals surface area contributed by atoms with E-state index in [1.165, 1.54) is 0 Å². The number of rotatable bonds is 5. The Morgan fingerprint density at radius 2 is 1.73 bits per heavy atom. The van der Waals surface area contributed by atoms with Crippen LogP contribution in [0.1, 0.15) is 0 Å². The van der Waals surface area contributed by atoms with Crippen LogP contribution in [0.4, 0.5) is 4.79 Å². The predicted molar refractivity (Wildman–Crippen MR) is 56.7 cm³/mol. The fraction of sp³-hybridized carbons (Fsp3) is 0.200. The quantitative estimate of drug-likeness (QED) is 0.388. The Balaban J connectivity index is 2.73.